The SMILES string of the molecule is COc1ccccc1CNCc1ccccc1F.Cl. The molecular weight excluding hydrogens is 265 g/mol. The Bertz CT molecular complexity index is 519. The van der Waals surface area contributed by atoms with E-state index >= 15 is 0 Å². The minimum absolute atomic E-state index is 0. The van der Waals surface area contributed by atoms with Gasteiger partial charge in [-0.3, -0.25) is 0 Å². The monoisotopic (exact) mass is 281 g/mol. The molecule has 2 nitrogen and oxygen atoms in total. The van der Waals surface area contributed by atoms with Crippen molar-refractivity contribution in [1.29, 1.82) is 0 Å². The first-order chi connectivity index (χ1) is 8.81. The Morgan fingerprint density at radius 2 is 1.53 bits per heavy atom. The Labute approximate surface area is 119 Å². The van der Waals surface area contributed by atoms with Gasteiger partial charge in [-0.25, -0.2) is 4.39 Å². The molecule has 0 heterocycles. The van der Waals surface area contributed by atoms with E-state index in [1.165, 1.54) is 6.07 Å². The molecule has 0 atom stereocenters. The Balaban J connectivity index is 0.00000180. The summed E-state index contributed by atoms with van der Waals surface area (Å²) in [7, 11) is 1.65. The molecule has 0 bridgehead atoms. The zero-order valence-electron chi connectivity index (χ0n) is 10.7. The molecule has 0 radical (unpaired) electrons. The van der Waals surface area contributed by atoms with Crippen molar-refractivity contribution in [2.24, 2.45) is 0 Å². The average Bonchev–Trinajstić information content (AvgIpc) is 2.41. The number of hydrogen-bond acceptors (Lipinski definition) is 2. The molecule has 0 saturated carbocycles. The summed E-state index contributed by atoms with van der Waals surface area (Å²) in [6, 6.07) is 14.6. The van der Waals surface area contributed by atoms with Gasteiger partial charge in [-0.1, -0.05) is 36.4 Å². The van der Waals surface area contributed by atoms with Crippen LogP contribution >= 0.6 is 12.4 Å². The first-order valence-electron chi connectivity index (χ1n) is 5.87. The van der Waals surface area contributed by atoms with Crippen LogP contribution in [0.4, 0.5) is 4.39 Å². The first kappa shape index (κ1) is 15.5. The van der Waals surface area contributed by atoms with Crippen LogP contribution in [0.15, 0.2) is 48.5 Å². The maximum absolute atomic E-state index is 13.4. The predicted molar refractivity (Wildman–Crippen MR) is 77.2 cm³/mol. The van der Waals surface area contributed by atoms with Crippen LogP contribution in [0.2, 0.25) is 0 Å². The first-order valence-corrected chi connectivity index (χ1v) is 5.87. The number of ether oxygens (including phenoxy) is 1. The minimum Gasteiger partial charge on any atom is -0.496 e. The molecule has 0 spiro atoms. The highest BCUT2D eigenvalue weighted by Crippen LogP contribution is 2.17. The summed E-state index contributed by atoms with van der Waals surface area (Å²) in [5.41, 5.74) is 1.74. The molecule has 1 N–H and O–H groups in total. The Kier molecular flexibility index (Phi) is 6.33. The second kappa shape index (κ2) is 7.77. The lowest BCUT2D eigenvalue weighted by Crippen LogP contribution is -2.14. The molecule has 0 aromatic heterocycles. The molecule has 2 rings (SSSR count). The molecular formula is C15H17ClFNO. The highest BCUT2D eigenvalue weighted by molar-refractivity contribution is 5.85. The number of hydrogen-bond donors (Lipinski definition) is 1. The molecule has 0 unspecified atom stereocenters. The molecule has 102 valence electrons. The summed E-state index contributed by atoms with van der Waals surface area (Å²) in [4.78, 5) is 0. The number of halogens is 2. The van der Waals surface area contributed by atoms with Gasteiger partial charge >= 0.3 is 0 Å². The third-order valence-corrected chi connectivity index (χ3v) is 2.78. The normalized spacial score (nSPS) is 9.79. The average molecular weight is 282 g/mol. The van der Waals surface area contributed by atoms with E-state index < -0.39 is 0 Å². The molecule has 2 aromatic carbocycles. The fraction of sp³-hybridized carbons (Fsp3) is 0.200. The van der Waals surface area contributed by atoms with Crippen molar-refractivity contribution in [1.82, 2.24) is 5.32 Å². The van der Waals surface area contributed by atoms with Crippen LogP contribution in [0.5, 0.6) is 5.75 Å². The van der Waals surface area contributed by atoms with Crippen molar-refractivity contribution >= 4 is 12.4 Å². The van der Waals surface area contributed by atoms with Gasteiger partial charge in [-0.2, -0.15) is 0 Å². The van der Waals surface area contributed by atoms with E-state index in [1.807, 2.05) is 30.3 Å². The highest BCUT2D eigenvalue weighted by atomic mass is 35.5. The fourth-order valence-corrected chi connectivity index (χ4v) is 1.82. The summed E-state index contributed by atoms with van der Waals surface area (Å²) in [5, 5.41) is 3.21. The number of nitrogens with one attached hydrogen (secondary N) is 1. The van der Waals surface area contributed by atoms with Crippen molar-refractivity contribution in [3.05, 3.63) is 65.5 Å². The zero-order valence-corrected chi connectivity index (χ0v) is 11.5. The van der Waals surface area contributed by atoms with Gasteiger partial charge < -0.3 is 10.1 Å². The summed E-state index contributed by atoms with van der Waals surface area (Å²) < 4.78 is 18.7. The summed E-state index contributed by atoms with van der Waals surface area (Å²) in [6.07, 6.45) is 0. The maximum atomic E-state index is 13.4. The van der Waals surface area contributed by atoms with Gasteiger partial charge in [0.1, 0.15) is 11.6 Å². The van der Waals surface area contributed by atoms with Crippen LogP contribution in [0.25, 0.3) is 0 Å². The number of para-hydroxylation sites is 1. The van der Waals surface area contributed by atoms with Gasteiger partial charge in [0.2, 0.25) is 0 Å². The molecule has 0 amide bonds. The van der Waals surface area contributed by atoms with Gasteiger partial charge in [0.05, 0.1) is 7.11 Å². The Morgan fingerprint density at radius 3 is 2.21 bits per heavy atom. The van der Waals surface area contributed by atoms with Gasteiger partial charge in [-0.05, 0) is 12.1 Å². The Morgan fingerprint density at radius 1 is 0.947 bits per heavy atom. The third-order valence-electron chi connectivity index (χ3n) is 2.78. The topological polar surface area (TPSA) is 21.3 Å². The summed E-state index contributed by atoms with van der Waals surface area (Å²) >= 11 is 0. The smallest absolute Gasteiger partial charge is 0.127 e. The van der Waals surface area contributed by atoms with Crippen LogP contribution < -0.4 is 10.1 Å². The van der Waals surface area contributed by atoms with Gasteiger partial charge in [0.15, 0.2) is 0 Å². The van der Waals surface area contributed by atoms with E-state index in [2.05, 4.69) is 5.32 Å². The number of benzene rings is 2. The van der Waals surface area contributed by atoms with Gasteiger partial charge in [0.25, 0.3) is 0 Å². The van der Waals surface area contributed by atoms with Crippen molar-refractivity contribution in [3.63, 3.8) is 0 Å². The number of rotatable bonds is 5. The molecule has 2 aromatic rings. The zero-order chi connectivity index (χ0) is 12.8. The standard InChI is InChI=1S/C15H16FNO.ClH/c1-18-15-9-5-3-7-13(15)11-17-10-12-6-2-4-8-14(12)16;/h2-9,17H,10-11H2,1H3;1H. The predicted octanol–water partition coefficient (Wildman–Crippen LogP) is 3.55. The summed E-state index contributed by atoms with van der Waals surface area (Å²) in [5.74, 6) is 0.670. The van der Waals surface area contributed by atoms with E-state index in [4.69, 9.17) is 4.74 Å². The fourth-order valence-electron chi connectivity index (χ4n) is 1.82. The maximum Gasteiger partial charge on any atom is 0.127 e. The van der Waals surface area contributed by atoms with E-state index in [9.17, 15) is 4.39 Å². The largest absolute Gasteiger partial charge is 0.496 e. The molecule has 4 heteroatoms. The van der Waals surface area contributed by atoms with Crippen molar-refractivity contribution in [2.45, 2.75) is 13.1 Å². The van der Waals surface area contributed by atoms with E-state index in [1.54, 1.807) is 19.2 Å². The van der Waals surface area contributed by atoms with Crippen LogP contribution in [-0.4, -0.2) is 7.11 Å². The van der Waals surface area contributed by atoms with Crippen LogP contribution in [-0.2, 0) is 13.1 Å². The minimum atomic E-state index is -0.176. The Hall–Kier alpha value is -1.58. The van der Waals surface area contributed by atoms with Crippen molar-refractivity contribution < 1.29 is 9.13 Å². The quantitative estimate of drug-likeness (QED) is 0.905. The van der Waals surface area contributed by atoms with E-state index in [-0.39, 0.29) is 18.2 Å². The van der Waals surface area contributed by atoms with E-state index in [0.717, 1.165) is 11.3 Å². The summed E-state index contributed by atoms with van der Waals surface area (Å²) in [6.45, 7) is 1.16. The second-order valence-electron chi connectivity index (χ2n) is 4.01. The lowest BCUT2D eigenvalue weighted by Gasteiger charge is -2.09. The molecule has 0 aliphatic heterocycles. The molecule has 0 aliphatic rings. The second-order valence-corrected chi connectivity index (χ2v) is 4.01. The van der Waals surface area contributed by atoms with Crippen LogP contribution in [0.3, 0.4) is 0 Å². The highest BCUT2D eigenvalue weighted by Gasteiger charge is 2.03. The van der Waals surface area contributed by atoms with Gasteiger partial charge in [-0.15, -0.1) is 12.4 Å². The molecule has 0 saturated heterocycles. The van der Waals surface area contributed by atoms with E-state index in [0.29, 0.717) is 18.7 Å². The lowest BCUT2D eigenvalue weighted by molar-refractivity contribution is 0.407. The van der Waals surface area contributed by atoms with Gasteiger partial charge in [0, 0.05) is 24.2 Å². The molecule has 19 heavy (non-hydrogen) atoms. The van der Waals surface area contributed by atoms with Crippen molar-refractivity contribution in [2.75, 3.05) is 7.11 Å². The van der Waals surface area contributed by atoms with Crippen LogP contribution in [0.1, 0.15) is 11.1 Å². The van der Waals surface area contributed by atoms with Crippen LogP contribution in [0, 0.1) is 5.82 Å². The molecule has 0 fully saturated rings. The third kappa shape index (κ3) is 4.23. The number of methoxy groups -OCH3 is 1. The lowest BCUT2D eigenvalue weighted by atomic mass is 10.2. The molecule has 0 aliphatic carbocycles. The van der Waals surface area contributed by atoms with Crippen molar-refractivity contribution in [3.8, 4) is 5.75 Å².